The summed E-state index contributed by atoms with van der Waals surface area (Å²) in [4.78, 5) is 0. The molecule has 1 fully saturated rings. The van der Waals surface area contributed by atoms with Crippen LogP contribution in [-0.2, 0) is 4.74 Å². The molecule has 0 spiro atoms. The molecule has 0 saturated carbocycles. The Morgan fingerprint density at radius 2 is 2.62 bits per heavy atom. The van der Waals surface area contributed by atoms with Crippen molar-refractivity contribution in [2.45, 2.75) is 6.42 Å². The summed E-state index contributed by atoms with van der Waals surface area (Å²) in [6.07, 6.45) is 1.24. The SMILES string of the molecule is CNCC1CCOC1. The standard InChI is InChI=1S/C6H13NO/c1-7-4-6-2-3-8-5-6/h6-7H,2-5H2,1H3. The number of rotatable bonds is 2. The van der Waals surface area contributed by atoms with Crippen molar-refractivity contribution >= 4 is 0 Å². The normalized spacial score (nSPS) is 28.9. The van der Waals surface area contributed by atoms with Gasteiger partial charge in [-0.25, -0.2) is 0 Å². The zero-order chi connectivity index (χ0) is 5.82. The van der Waals surface area contributed by atoms with Crippen molar-refractivity contribution in [2.75, 3.05) is 26.8 Å². The molecule has 1 heterocycles. The summed E-state index contributed by atoms with van der Waals surface area (Å²) >= 11 is 0. The molecule has 0 aliphatic carbocycles. The van der Waals surface area contributed by atoms with Gasteiger partial charge >= 0.3 is 0 Å². The van der Waals surface area contributed by atoms with E-state index in [2.05, 4.69) is 5.32 Å². The first-order valence-electron chi connectivity index (χ1n) is 3.16. The van der Waals surface area contributed by atoms with Crippen LogP contribution in [-0.4, -0.2) is 26.8 Å². The van der Waals surface area contributed by atoms with Crippen molar-refractivity contribution < 1.29 is 4.74 Å². The molecule has 0 radical (unpaired) electrons. The maximum absolute atomic E-state index is 5.17. The van der Waals surface area contributed by atoms with Crippen LogP contribution >= 0.6 is 0 Å². The molecule has 1 atom stereocenters. The van der Waals surface area contributed by atoms with E-state index >= 15 is 0 Å². The van der Waals surface area contributed by atoms with Crippen LogP contribution in [0.1, 0.15) is 6.42 Å². The average molecular weight is 115 g/mol. The van der Waals surface area contributed by atoms with Gasteiger partial charge < -0.3 is 10.1 Å². The molecule has 8 heavy (non-hydrogen) atoms. The Labute approximate surface area is 50.2 Å². The highest BCUT2D eigenvalue weighted by molar-refractivity contribution is 4.64. The van der Waals surface area contributed by atoms with Gasteiger partial charge in [0.25, 0.3) is 0 Å². The zero-order valence-corrected chi connectivity index (χ0v) is 5.31. The van der Waals surface area contributed by atoms with Gasteiger partial charge in [-0.15, -0.1) is 0 Å². The molecule has 1 rings (SSSR count). The van der Waals surface area contributed by atoms with Gasteiger partial charge in [-0.05, 0) is 25.9 Å². The minimum atomic E-state index is 0.778. The van der Waals surface area contributed by atoms with Crippen LogP contribution in [0.15, 0.2) is 0 Å². The van der Waals surface area contributed by atoms with E-state index < -0.39 is 0 Å². The Bertz CT molecular complexity index is 59.5. The molecule has 0 amide bonds. The Balaban J connectivity index is 2.06. The van der Waals surface area contributed by atoms with Crippen LogP contribution < -0.4 is 5.32 Å². The van der Waals surface area contributed by atoms with Crippen molar-refractivity contribution in [2.24, 2.45) is 5.92 Å². The van der Waals surface area contributed by atoms with Crippen molar-refractivity contribution in [1.82, 2.24) is 5.32 Å². The largest absolute Gasteiger partial charge is 0.381 e. The van der Waals surface area contributed by atoms with E-state index in [4.69, 9.17) is 4.74 Å². The lowest BCUT2D eigenvalue weighted by atomic mass is 10.1. The van der Waals surface area contributed by atoms with E-state index in [0.29, 0.717) is 0 Å². The molecule has 48 valence electrons. The number of nitrogens with one attached hydrogen (secondary N) is 1. The summed E-state index contributed by atoms with van der Waals surface area (Å²) in [6.45, 7) is 3.03. The zero-order valence-electron chi connectivity index (χ0n) is 5.31. The summed E-state index contributed by atoms with van der Waals surface area (Å²) in [5.41, 5.74) is 0. The van der Waals surface area contributed by atoms with Crippen LogP contribution in [0.5, 0.6) is 0 Å². The fourth-order valence-electron chi connectivity index (χ4n) is 1.03. The summed E-state index contributed by atoms with van der Waals surface area (Å²) in [5, 5.41) is 3.13. The highest BCUT2D eigenvalue weighted by Gasteiger charge is 2.13. The third-order valence-electron chi connectivity index (χ3n) is 1.52. The molecule has 2 heteroatoms. The van der Waals surface area contributed by atoms with Crippen molar-refractivity contribution in [3.8, 4) is 0 Å². The minimum absolute atomic E-state index is 0.778. The van der Waals surface area contributed by atoms with E-state index in [1.807, 2.05) is 7.05 Å². The highest BCUT2D eigenvalue weighted by atomic mass is 16.5. The van der Waals surface area contributed by atoms with Gasteiger partial charge in [0.2, 0.25) is 0 Å². The van der Waals surface area contributed by atoms with E-state index in [-0.39, 0.29) is 0 Å². The maximum atomic E-state index is 5.17. The molecule has 0 aromatic carbocycles. The third-order valence-corrected chi connectivity index (χ3v) is 1.52. The molecule has 1 unspecified atom stereocenters. The van der Waals surface area contributed by atoms with Gasteiger partial charge in [-0.3, -0.25) is 0 Å². The van der Waals surface area contributed by atoms with Gasteiger partial charge in [0.05, 0.1) is 6.61 Å². The molecule has 2 nitrogen and oxygen atoms in total. The number of hydrogen-bond donors (Lipinski definition) is 1. The van der Waals surface area contributed by atoms with Crippen molar-refractivity contribution in [1.29, 1.82) is 0 Å². The van der Waals surface area contributed by atoms with Crippen LogP contribution in [0, 0.1) is 5.92 Å². The monoisotopic (exact) mass is 115 g/mol. The lowest BCUT2D eigenvalue weighted by Gasteiger charge is -2.03. The van der Waals surface area contributed by atoms with E-state index in [1.54, 1.807) is 0 Å². The van der Waals surface area contributed by atoms with Crippen LogP contribution in [0.25, 0.3) is 0 Å². The smallest absolute Gasteiger partial charge is 0.0507 e. The second-order valence-corrected chi connectivity index (χ2v) is 2.29. The van der Waals surface area contributed by atoms with Crippen LogP contribution in [0.3, 0.4) is 0 Å². The van der Waals surface area contributed by atoms with Crippen molar-refractivity contribution in [3.63, 3.8) is 0 Å². The molecule has 0 aromatic heterocycles. The van der Waals surface area contributed by atoms with E-state index in [1.165, 1.54) is 6.42 Å². The molecule has 0 aromatic rings. The molecule has 1 aliphatic heterocycles. The third kappa shape index (κ3) is 1.46. The summed E-state index contributed by atoms with van der Waals surface area (Å²) < 4.78 is 5.17. The van der Waals surface area contributed by atoms with Crippen LogP contribution in [0.4, 0.5) is 0 Å². The van der Waals surface area contributed by atoms with E-state index in [0.717, 1.165) is 25.7 Å². The second kappa shape index (κ2) is 3.05. The second-order valence-electron chi connectivity index (χ2n) is 2.29. The number of hydrogen-bond acceptors (Lipinski definition) is 2. The van der Waals surface area contributed by atoms with Gasteiger partial charge in [-0.1, -0.05) is 0 Å². The molecular formula is C6H13NO. The van der Waals surface area contributed by atoms with E-state index in [9.17, 15) is 0 Å². The molecule has 1 saturated heterocycles. The van der Waals surface area contributed by atoms with Crippen molar-refractivity contribution in [3.05, 3.63) is 0 Å². The Kier molecular flexibility index (Phi) is 2.30. The lowest BCUT2D eigenvalue weighted by molar-refractivity contribution is 0.185. The van der Waals surface area contributed by atoms with Gasteiger partial charge in [0.15, 0.2) is 0 Å². The Morgan fingerprint density at radius 1 is 1.75 bits per heavy atom. The fraction of sp³-hybridized carbons (Fsp3) is 1.00. The fourth-order valence-corrected chi connectivity index (χ4v) is 1.03. The summed E-state index contributed by atoms with van der Waals surface area (Å²) in [5.74, 6) is 0.778. The first-order chi connectivity index (χ1) is 3.93. The molecular weight excluding hydrogens is 102 g/mol. The molecule has 1 N–H and O–H groups in total. The Morgan fingerprint density at radius 3 is 3.12 bits per heavy atom. The first-order valence-corrected chi connectivity index (χ1v) is 3.16. The Hall–Kier alpha value is -0.0800. The average Bonchev–Trinajstić information content (AvgIpc) is 2.19. The summed E-state index contributed by atoms with van der Waals surface area (Å²) in [7, 11) is 1.98. The lowest BCUT2D eigenvalue weighted by Crippen LogP contribution is -2.18. The van der Waals surface area contributed by atoms with Crippen LogP contribution in [0.2, 0.25) is 0 Å². The predicted octanol–water partition coefficient (Wildman–Crippen LogP) is 0.242. The summed E-state index contributed by atoms with van der Waals surface area (Å²) in [6, 6.07) is 0. The first kappa shape index (κ1) is 6.05. The quantitative estimate of drug-likeness (QED) is 0.556. The van der Waals surface area contributed by atoms with Gasteiger partial charge in [0.1, 0.15) is 0 Å². The van der Waals surface area contributed by atoms with Gasteiger partial charge in [0, 0.05) is 6.61 Å². The highest BCUT2D eigenvalue weighted by Crippen LogP contribution is 2.09. The van der Waals surface area contributed by atoms with Gasteiger partial charge in [-0.2, -0.15) is 0 Å². The molecule has 1 aliphatic rings. The number of ether oxygens (including phenoxy) is 1. The maximum Gasteiger partial charge on any atom is 0.0507 e. The molecule has 0 bridgehead atoms. The predicted molar refractivity (Wildman–Crippen MR) is 32.9 cm³/mol. The minimum Gasteiger partial charge on any atom is -0.381 e. The topological polar surface area (TPSA) is 21.3 Å².